The Bertz CT molecular complexity index is 745. The van der Waals surface area contributed by atoms with Gasteiger partial charge in [-0.2, -0.15) is 0 Å². The lowest BCUT2D eigenvalue weighted by atomic mass is 9.95. The van der Waals surface area contributed by atoms with Crippen LogP contribution in [0.2, 0.25) is 0 Å². The maximum atomic E-state index is 5.73. The quantitative estimate of drug-likeness (QED) is 0.737. The highest BCUT2D eigenvalue weighted by atomic mass is 14.5. The van der Waals surface area contributed by atoms with Crippen LogP contribution in [0.15, 0.2) is 72.8 Å². The molecule has 0 bridgehead atoms. The van der Waals surface area contributed by atoms with E-state index in [1.165, 1.54) is 22.3 Å². The molecule has 0 spiro atoms. The van der Waals surface area contributed by atoms with Gasteiger partial charge < -0.3 is 5.73 Å². The molecule has 1 heteroatoms. The van der Waals surface area contributed by atoms with E-state index in [1.54, 1.807) is 0 Å². The van der Waals surface area contributed by atoms with Gasteiger partial charge in [-0.15, -0.1) is 0 Å². The average Bonchev–Trinajstić information content (AvgIpc) is 2.56. The van der Waals surface area contributed by atoms with Crippen LogP contribution >= 0.6 is 0 Å². The van der Waals surface area contributed by atoms with Crippen LogP contribution in [0.5, 0.6) is 0 Å². The third kappa shape index (κ3) is 2.88. The summed E-state index contributed by atoms with van der Waals surface area (Å²) in [5.41, 5.74) is 12.7. The van der Waals surface area contributed by atoms with Crippen molar-refractivity contribution in [3.05, 3.63) is 90.8 Å². The number of hydrogen-bond donors (Lipinski definition) is 1. The molecule has 3 aromatic rings. The molecule has 0 aromatic heterocycles. The molecule has 0 saturated carbocycles. The van der Waals surface area contributed by atoms with Gasteiger partial charge in [0.1, 0.15) is 0 Å². The lowest BCUT2D eigenvalue weighted by molar-refractivity contribution is 1.07. The van der Waals surface area contributed by atoms with Gasteiger partial charge >= 0.3 is 0 Å². The van der Waals surface area contributed by atoms with Crippen molar-refractivity contribution in [1.82, 2.24) is 0 Å². The molecule has 0 unspecified atom stereocenters. The Morgan fingerprint density at radius 3 is 2.19 bits per heavy atom. The summed E-state index contributed by atoms with van der Waals surface area (Å²) in [5.74, 6) is 0. The third-order valence-electron chi connectivity index (χ3n) is 3.69. The molecule has 21 heavy (non-hydrogen) atoms. The molecule has 1 radical (unpaired) electrons. The number of benzene rings is 3. The molecule has 0 aliphatic heterocycles. The minimum Gasteiger partial charge on any atom is -0.326 e. The predicted molar refractivity (Wildman–Crippen MR) is 89.7 cm³/mol. The van der Waals surface area contributed by atoms with Crippen molar-refractivity contribution in [2.45, 2.75) is 6.54 Å². The second-order valence-corrected chi connectivity index (χ2v) is 5.14. The highest BCUT2D eigenvalue weighted by Crippen LogP contribution is 2.29. The van der Waals surface area contributed by atoms with Crippen LogP contribution in [0.25, 0.3) is 22.3 Å². The Kier molecular flexibility index (Phi) is 3.85. The number of rotatable bonds is 3. The van der Waals surface area contributed by atoms with Gasteiger partial charge in [0.25, 0.3) is 0 Å². The Balaban J connectivity index is 2.09. The van der Waals surface area contributed by atoms with Crippen LogP contribution in [-0.4, -0.2) is 0 Å². The second-order valence-electron chi connectivity index (χ2n) is 5.14. The summed E-state index contributed by atoms with van der Waals surface area (Å²) in [7, 11) is 0. The minimum atomic E-state index is 0.562. The van der Waals surface area contributed by atoms with E-state index < -0.39 is 0 Å². The van der Waals surface area contributed by atoms with Crippen molar-refractivity contribution in [2.24, 2.45) is 5.73 Å². The molecule has 1 nitrogen and oxygen atoms in total. The summed E-state index contributed by atoms with van der Waals surface area (Å²) in [6.07, 6.45) is 0. The minimum absolute atomic E-state index is 0.562. The van der Waals surface area contributed by atoms with E-state index in [0.717, 1.165) is 11.1 Å². The summed E-state index contributed by atoms with van der Waals surface area (Å²) in [5, 5.41) is 0. The van der Waals surface area contributed by atoms with Crippen molar-refractivity contribution in [3.63, 3.8) is 0 Å². The standard InChI is InChI=1S/C20H18N/c1-15-10-11-19(18-9-5-6-16(12-18)14-21)13-20(15)17-7-3-2-4-8-17/h2-13H,1,14,21H2. The van der Waals surface area contributed by atoms with Crippen LogP contribution in [0.1, 0.15) is 11.1 Å². The fourth-order valence-electron chi connectivity index (χ4n) is 2.52. The van der Waals surface area contributed by atoms with Crippen molar-refractivity contribution in [3.8, 4) is 22.3 Å². The Morgan fingerprint density at radius 1 is 0.714 bits per heavy atom. The zero-order chi connectivity index (χ0) is 14.7. The van der Waals surface area contributed by atoms with Gasteiger partial charge in [-0.1, -0.05) is 60.7 Å². The first kappa shape index (κ1) is 13.6. The van der Waals surface area contributed by atoms with Gasteiger partial charge in [0.15, 0.2) is 0 Å². The zero-order valence-electron chi connectivity index (χ0n) is 11.9. The molecule has 3 aromatic carbocycles. The molecule has 0 atom stereocenters. The molecule has 3 rings (SSSR count). The zero-order valence-corrected chi connectivity index (χ0v) is 11.9. The van der Waals surface area contributed by atoms with Crippen molar-refractivity contribution in [2.75, 3.05) is 0 Å². The topological polar surface area (TPSA) is 26.0 Å². The van der Waals surface area contributed by atoms with E-state index in [9.17, 15) is 0 Å². The predicted octanol–water partition coefficient (Wildman–Crippen LogP) is 4.66. The van der Waals surface area contributed by atoms with Crippen LogP contribution < -0.4 is 5.73 Å². The van der Waals surface area contributed by atoms with E-state index in [0.29, 0.717) is 6.54 Å². The number of nitrogens with two attached hydrogens (primary N) is 1. The van der Waals surface area contributed by atoms with Gasteiger partial charge in [-0.25, -0.2) is 0 Å². The largest absolute Gasteiger partial charge is 0.326 e. The molecule has 103 valence electrons. The van der Waals surface area contributed by atoms with Crippen LogP contribution in [0.3, 0.4) is 0 Å². The summed E-state index contributed by atoms with van der Waals surface area (Å²) in [6, 6.07) is 25.1. The lowest BCUT2D eigenvalue weighted by Gasteiger charge is -2.10. The fourth-order valence-corrected chi connectivity index (χ4v) is 2.52. The van der Waals surface area contributed by atoms with Crippen molar-refractivity contribution < 1.29 is 0 Å². The van der Waals surface area contributed by atoms with Gasteiger partial charge in [-0.05, 0) is 52.4 Å². The highest BCUT2D eigenvalue weighted by Gasteiger charge is 2.05. The summed E-state index contributed by atoms with van der Waals surface area (Å²) >= 11 is 0. The van der Waals surface area contributed by atoms with Gasteiger partial charge in [0, 0.05) is 6.54 Å². The SMILES string of the molecule is [CH2]c1ccc(-c2cccc(CN)c2)cc1-c1ccccc1. The molecule has 2 N–H and O–H groups in total. The monoisotopic (exact) mass is 272 g/mol. The van der Waals surface area contributed by atoms with Crippen molar-refractivity contribution in [1.29, 1.82) is 0 Å². The molecule has 0 heterocycles. The van der Waals surface area contributed by atoms with E-state index in [1.807, 2.05) is 6.07 Å². The highest BCUT2D eigenvalue weighted by molar-refractivity contribution is 5.76. The molecule has 0 fully saturated rings. The Hall–Kier alpha value is -2.38. The maximum Gasteiger partial charge on any atom is 0.0178 e. The summed E-state index contributed by atoms with van der Waals surface area (Å²) < 4.78 is 0. The van der Waals surface area contributed by atoms with E-state index in [2.05, 4.69) is 73.7 Å². The first-order valence-corrected chi connectivity index (χ1v) is 7.09. The smallest absolute Gasteiger partial charge is 0.0178 e. The summed E-state index contributed by atoms with van der Waals surface area (Å²) in [4.78, 5) is 0. The fraction of sp³-hybridized carbons (Fsp3) is 0.0500. The average molecular weight is 272 g/mol. The lowest BCUT2D eigenvalue weighted by Crippen LogP contribution is -1.95. The van der Waals surface area contributed by atoms with E-state index in [4.69, 9.17) is 5.73 Å². The molecule has 0 saturated heterocycles. The van der Waals surface area contributed by atoms with Crippen LogP contribution in [0.4, 0.5) is 0 Å². The summed E-state index contributed by atoms with van der Waals surface area (Å²) in [6.45, 7) is 4.71. The Labute approximate surface area is 126 Å². The Morgan fingerprint density at radius 2 is 1.43 bits per heavy atom. The molecule has 0 amide bonds. The first-order valence-electron chi connectivity index (χ1n) is 7.09. The normalized spacial score (nSPS) is 10.6. The molecule has 0 aliphatic carbocycles. The molecular formula is C20H18N. The van der Waals surface area contributed by atoms with Crippen LogP contribution in [-0.2, 0) is 6.54 Å². The van der Waals surface area contributed by atoms with Crippen molar-refractivity contribution >= 4 is 0 Å². The maximum absolute atomic E-state index is 5.73. The molecule has 0 aliphatic rings. The first-order chi connectivity index (χ1) is 10.3. The van der Waals surface area contributed by atoms with Gasteiger partial charge in [-0.3, -0.25) is 0 Å². The molecular weight excluding hydrogens is 254 g/mol. The van der Waals surface area contributed by atoms with Gasteiger partial charge in [0.2, 0.25) is 0 Å². The second kappa shape index (κ2) is 5.94. The van der Waals surface area contributed by atoms with Gasteiger partial charge in [0.05, 0.1) is 0 Å². The van der Waals surface area contributed by atoms with E-state index >= 15 is 0 Å². The third-order valence-corrected chi connectivity index (χ3v) is 3.69. The number of hydrogen-bond acceptors (Lipinski definition) is 1. The van der Waals surface area contributed by atoms with Crippen LogP contribution in [0, 0.1) is 6.92 Å². The van der Waals surface area contributed by atoms with E-state index in [-0.39, 0.29) is 0 Å².